The molecule has 3 heteroatoms. The van der Waals surface area contributed by atoms with Crippen LogP contribution >= 0.6 is 0 Å². The van der Waals surface area contributed by atoms with E-state index >= 15 is 0 Å². The standard InChI is InChI=1S/C59H49BN2/c1-55(2)46-12-6-5-10-40(46)53-49(55)41-11-7-13-47-52(41)61(53)54-39-9-4-3-8-30(39)16-43-45-23-32(57-26-37-19-34-20-38(27-57)59(34,37)29-57)22-44-42-21-31(14-15-48(42)62(51(44)45)60(47)50(43)54)56-24-35-17-33-18-36(25-56)58(33,35)28-56/h3-16,21-23,33-38H,17-20,24-29H2,1-2H3. The summed E-state index contributed by atoms with van der Waals surface area (Å²) in [6.45, 7) is 5.06. The van der Waals surface area contributed by atoms with Gasteiger partial charge in [-0.1, -0.05) is 86.6 Å². The highest BCUT2D eigenvalue weighted by Crippen LogP contribution is 2.86. The molecule has 8 aromatic rings. The van der Waals surface area contributed by atoms with E-state index in [0.717, 1.165) is 40.9 Å². The van der Waals surface area contributed by atoms with E-state index in [1.54, 1.807) is 21.9 Å². The molecule has 2 aromatic heterocycles. The molecule has 0 radical (unpaired) electrons. The van der Waals surface area contributed by atoms with E-state index in [2.05, 4.69) is 126 Å². The summed E-state index contributed by atoms with van der Waals surface area (Å²) in [5.74, 6) is 6.00. The molecule has 6 aromatic carbocycles. The van der Waals surface area contributed by atoms with Crippen molar-refractivity contribution in [1.82, 2.24) is 9.05 Å². The van der Waals surface area contributed by atoms with Gasteiger partial charge in [0.15, 0.2) is 0 Å². The minimum absolute atomic E-state index is 0.0963. The number of fused-ring (bicyclic) bond motifs is 16. The van der Waals surface area contributed by atoms with Crippen LogP contribution in [0.3, 0.4) is 0 Å². The van der Waals surface area contributed by atoms with Crippen molar-refractivity contribution < 1.29 is 0 Å². The second-order valence-corrected chi connectivity index (χ2v) is 24.4. The fourth-order valence-electron chi connectivity index (χ4n) is 20.7. The summed E-state index contributed by atoms with van der Waals surface area (Å²) in [4.78, 5) is 0. The maximum atomic E-state index is 2.90. The monoisotopic (exact) mass is 796 g/mol. The van der Waals surface area contributed by atoms with Crippen molar-refractivity contribution in [2.75, 3.05) is 0 Å². The molecule has 2 nitrogen and oxygen atoms in total. The van der Waals surface area contributed by atoms with Gasteiger partial charge in [0, 0.05) is 49.1 Å². The second kappa shape index (κ2) is 9.15. The Morgan fingerprint density at radius 3 is 1.97 bits per heavy atom. The summed E-state index contributed by atoms with van der Waals surface area (Å²) >= 11 is 0. The van der Waals surface area contributed by atoms with Gasteiger partial charge in [-0.3, -0.25) is 0 Å². The third kappa shape index (κ3) is 2.88. The van der Waals surface area contributed by atoms with Gasteiger partial charge >= 0.3 is 6.85 Å². The van der Waals surface area contributed by atoms with Crippen molar-refractivity contribution in [2.45, 2.75) is 94.3 Å². The van der Waals surface area contributed by atoms with Crippen molar-refractivity contribution >= 4 is 61.3 Å². The minimum atomic E-state index is -0.0963. The van der Waals surface area contributed by atoms with Crippen LogP contribution in [-0.4, -0.2) is 15.9 Å². The Morgan fingerprint density at radius 2 is 1.23 bits per heavy atom. The van der Waals surface area contributed by atoms with Crippen LogP contribution in [0.4, 0.5) is 0 Å². The average molecular weight is 797 g/mol. The molecule has 9 aliphatic carbocycles. The molecular weight excluding hydrogens is 747 g/mol. The fourth-order valence-corrected chi connectivity index (χ4v) is 20.7. The van der Waals surface area contributed by atoms with Crippen LogP contribution < -0.4 is 10.9 Å². The summed E-state index contributed by atoms with van der Waals surface area (Å²) in [6.07, 6.45) is 14.8. The minimum Gasteiger partial charge on any atom is -0.375 e. The highest BCUT2D eigenvalue weighted by atomic mass is 15.0. The lowest BCUT2D eigenvalue weighted by atomic mass is 9.38. The predicted molar refractivity (Wildman–Crippen MR) is 253 cm³/mol. The number of hydrogen-bond donors (Lipinski definition) is 0. The Bertz CT molecular complexity index is 3580. The van der Waals surface area contributed by atoms with Crippen LogP contribution in [0.2, 0.25) is 0 Å². The van der Waals surface area contributed by atoms with Crippen molar-refractivity contribution in [3.63, 3.8) is 0 Å². The van der Waals surface area contributed by atoms with E-state index in [1.807, 2.05) is 0 Å². The third-order valence-corrected chi connectivity index (χ3v) is 22.7. The van der Waals surface area contributed by atoms with E-state index in [-0.39, 0.29) is 12.3 Å². The number of nitrogens with zero attached hydrogens (tertiary/aromatic N) is 2. The van der Waals surface area contributed by atoms with Gasteiger partial charge < -0.3 is 9.05 Å². The van der Waals surface area contributed by atoms with Crippen molar-refractivity contribution in [1.29, 1.82) is 0 Å². The van der Waals surface area contributed by atoms with Crippen molar-refractivity contribution in [3.05, 3.63) is 125 Å². The molecule has 2 aliphatic heterocycles. The van der Waals surface area contributed by atoms with Crippen LogP contribution in [0, 0.1) is 46.3 Å². The molecule has 62 heavy (non-hydrogen) atoms. The van der Waals surface area contributed by atoms with Crippen LogP contribution in [0.15, 0.2) is 103 Å². The molecule has 2 spiro atoms. The number of aromatic nitrogens is 2. The number of benzene rings is 6. The van der Waals surface area contributed by atoms with Gasteiger partial charge in [0.1, 0.15) is 0 Å². The molecule has 4 bridgehead atoms. The first-order valence-corrected chi connectivity index (χ1v) is 24.8. The molecule has 4 heterocycles. The number of para-hydroxylation sites is 1. The maximum Gasteiger partial charge on any atom is 0.333 e. The van der Waals surface area contributed by atoms with Crippen LogP contribution in [0.5, 0.6) is 0 Å². The summed E-state index contributed by atoms with van der Waals surface area (Å²) < 4.78 is 5.69. The Labute approximate surface area is 362 Å². The lowest BCUT2D eigenvalue weighted by molar-refractivity contribution is -0.175. The highest BCUT2D eigenvalue weighted by Gasteiger charge is 2.78. The molecule has 0 saturated heterocycles. The van der Waals surface area contributed by atoms with E-state index in [0.29, 0.717) is 16.2 Å². The smallest absolute Gasteiger partial charge is 0.333 e. The van der Waals surface area contributed by atoms with Gasteiger partial charge in [-0.05, 0) is 196 Å². The van der Waals surface area contributed by atoms with Gasteiger partial charge in [0.05, 0.1) is 16.9 Å². The van der Waals surface area contributed by atoms with Gasteiger partial charge in [-0.15, -0.1) is 0 Å². The Balaban J connectivity index is 0.961. The topological polar surface area (TPSA) is 9.86 Å². The van der Waals surface area contributed by atoms with E-state index in [9.17, 15) is 0 Å². The molecule has 0 N–H and O–H groups in total. The van der Waals surface area contributed by atoms with Crippen molar-refractivity contribution in [2.24, 2.45) is 46.3 Å². The summed E-state index contributed by atoms with van der Waals surface area (Å²) in [7, 11) is 0. The van der Waals surface area contributed by atoms with Crippen LogP contribution in [0.1, 0.15) is 100 Å². The third-order valence-electron chi connectivity index (χ3n) is 22.7. The largest absolute Gasteiger partial charge is 0.375 e. The number of hydrogen-bond acceptors (Lipinski definition) is 0. The van der Waals surface area contributed by atoms with Crippen LogP contribution in [0.25, 0.3) is 71.6 Å². The molecule has 8 fully saturated rings. The zero-order chi connectivity index (χ0) is 39.8. The predicted octanol–water partition coefficient (Wildman–Crippen LogP) is 12.3. The zero-order valence-electron chi connectivity index (χ0n) is 35.8. The Kier molecular flexibility index (Phi) is 4.69. The Hall–Kier alpha value is -5.02. The highest BCUT2D eigenvalue weighted by molar-refractivity contribution is 6.90. The first-order valence-electron chi connectivity index (χ1n) is 24.8. The molecule has 0 amide bonds. The molecule has 11 aliphatic rings. The Morgan fingerprint density at radius 1 is 0.548 bits per heavy atom. The van der Waals surface area contributed by atoms with E-state index < -0.39 is 0 Å². The average Bonchev–Trinajstić information content (AvgIpc) is 4.12. The number of rotatable bonds is 2. The normalized spacial score (nSPS) is 37.2. The molecular formula is C59H49BN2. The fraction of sp³-hybridized carbons (Fsp3) is 0.390. The van der Waals surface area contributed by atoms with Crippen LogP contribution in [-0.2, 0) is 16.2 Å². The van der Waals surface area contributed by atoms with Gasteiger partial charge in [0.2, 0.25) is 0 Å². The first kappa shape index (κ1) is 31.8. The van der Waals surface area contributed by atoms with E-state index in [4.69, 9.17) is 0 Å². The molecule has 4 unspecified atom stereocenters. The van der Waals surface area contributed by atoms with Gasteiger partial charge in [-0.2, -0.15) is 0 Å². The molecule has 8 saturated carbocycles. The lowest BCUT2D eigenvalue weighted by Gasteiger charge is -2.66. The quantitative estimate of drug-likeness (QED) is 0.154. The second-order valence-electron chi connectivity index (χ2n) is 24.4. The maximum absolute atomic E-state index is 2.90. The summed E-state index contributed by atoms with van der Waals surface area (Å²) in [6, 6.07) is 42.5. The SMILES string of the molecule is CC1(C)c2ccccc2-c2c1c1cccc3c1n2-c1c2c(cc4ccccc14)-c1cc(C45CC6CC7CC(C4)C76C5)cc4c5cc(C67CC8CC9CC(C6)C98C7)ccc5n(c14)B23. The lowest BCUT2D eigenvalue weighted by Crippen LogP contribution is -2.59. The zero-order valence-corrected chi connectivity index (χ0v) is 35.8. The molecule has 4 atom stereocenters. The summed E-state index contributed by atoms with van der Waals surface area (Å²) in [5, 5.41) is 7.28. The van der Waals surface area contributed by atoms with Crippen molar-refractivity contribution in [3.8, 4) is 28.1 Å². The summed E-state index contributed by atoms with van der Waals surface area (Å²) in [5.41, 5.74) is 23.0. The van der Waals surface area contributed by atoms with Gasteiger partial charge in [0.25, 0.3) is 0 Å². The molecule has 19 rings (SSSR count). The van der Waals surface area contributed by atoms with E-state index in [1.165, 1.54) is 147 Å². The molecule has 298 valence electrons. The van der Waals surface area contributed by atoms with Gasteiger partial charge in [-0.25, -0.2) is 0 Å². The first-order chi connectivity index (χ1) is 30.3.